The number of nitro groups is 2. The molecule has 10 heteroatoms. The number of nitrogens with zero attached hydrogens (tertiary/aromatic N) is 2. The number of nitro benzene ring substituents is 2. The maximum Gasteiger partial charge on any atom is 0.277 e. The van der Waals surface area contributed by atoms with E-state index >= 15 is 0 Å². The summed E-state index contributed by atoms with van der Waals surface area (Å²) < 4.78 is 0. The lowest BCUT2D eigenvalue weighted by Crippen LogP contribution is -2.32. The molecule has 0 aliphatic heterocycles. The third-order valence-electron chi connectivity index (χ3n) is 4.00. The Hall–Kier alpha value is -3.82. The average Bonchev–Trinajstić information content (AvgIpc) is 2.67. The van der Waals surface area contributed by atoms with Gasteiger partial charge in [-0.3, -0.25) is 29.8 Å². The molecule has 1 unspecified atom stereocenters. The van der Waals surface area contributed by atoms with Crippen molar-refractivity contribution in [1.29, 1.82) is 0 Å². The van der Waals surface area contributed by atoms with Crippen LogP contribution >= 0.6 is 0 Å². The summed E-state index contributed by atoms with van der Waals surface area (Å²) in [6, 6.07) is 8.80. The van der Waals surface area contributed by atoms with E-state index in [1.165, 1.54) is 12.1 Å². The predicted molar refractivity (Wildman–Crippen MR) is 101 cm³/mol. The van der Waals surface area contributed by atoms with Crippen LogP contribution in [0.15, 0.2) is 42.5 Å². The summed E-state index contributed by atoms with van der Waals surface area (Å²) in [6.45, 7) is 3.75. The van der Waals surface area contributed by atoms with Crippen molar-refractivity contribution in [3.63, 3.8) is 0 Å². The minimum absolute atomic E-state index is 0.0734. The molecule has 146 valence electrons. The van der Waals surface area contributed by atoms with Crippen molar-refractivity contribution in [3.8, 4) is 0 Å². The van der Waals surface area contributed by atoms with Crippen LogP contribution in [0.4, 0.5) is 17.1 Å². The molecule has 1 atom stereocenters. The monoisotopic (exact) mass is 386 g/mol. The van der Waals surface area contributed by atoms with Crippen LogP contribution in [0.3, 0.4) is 0 Å². The second-order valence-corrected chi connectivity index (χ2v) is 6.03. The van der Waals surface area contributed by atoms with E-state index in [9.17, 15) is 29.8 Å². The number of anilines is 1. The summed E-state index contributed by atoms with van der Waals surface area (Å²) in [6.07, 6.45) is 0.720. The lowest BCUT2D eigenvalue weighted by atomic mass is 10.1. The number of benzene rings is 2. The molecular formula is C18H18N4O6. The maximum absolute atomic E-state index is 12.5. The molecule has 0 spiro atoms. The quantitative estimate of drug-likeness (QED) is 0.552. The van der Waals surface area contributed by atoms with Gasteiger partial charge in [-0.1, -0.05) is 19.1 Å². The smallest absolute Gasteiger partial charge is 0.277 e. The molecule has 0 bridgehead atoms. The summed E-state index contributed by atoms with van der Waals surface area (Å²) in [5, 5.41) is 27.2. The van der Waals surface area contributed by atoms with Crippen molar-refractivity contribution < 1.29 is 19.4 Å². The molecular weight excluding hydrogens is 368 g/mol. The van der Waals surface area contributed by atoms with Crippen molar-refractivity contribution in [2.45, 2.75) is 26.3 Å². The minimum Gasteiger partial charge on any atom is -0.350 e. The zero-order valence-corrected chi connectivity index (χ0v) is 15.2. The summed E-state index contributed by atoms with van der Waals surface area (Å²) in [5.41, 5.74) is -1.04. The van der Waals surface area contributed by atoms with Crippen LogP contribution in [-0.2, 0) is 0 Å². The lowest BCUT2D eigenvalue weighted by Gasteiger charge is -2.14. The lowest BCUT2D eigenvalue weighted by molar-refractivity contribution is -0.394. The fraction of sp³-hybridized carbons (Fsp3) is 0.222. The molecule has 0 aromatic heterocycles. The van der Waals surface area contributed by atoms with E-state index in [1.807, 2.05) is 13.8 Å². The SMILES string of the molecule is CCC(C)NC(=O)c1ccccc1NC(=O)c1cc([N+](=O)[O-])cc([N+](=O)[O-])c1. The highest BCUT2D eigenvalue weighted by molar-refractivity contribution is 6.09. The van der Waals surface area contributed by atoms with Gasteiger partial charge in [0.05, 0.1) is 32.7 Å². The Labute approximate surface area is 159 Å². The summed E-state index contributed by atoms with van der Waals surface area (Å²) in [4.78, 5) is 45.2. The van der Waals surface area contributed by atoms with Crippen LogP contribution in [-0.4, -0.2) is 27.7 Å². The van der Waals surface area contributed by atoms with E-state index < -0.39 is 33.0 Å². The van der Waals surface area contributed by atoms with E-state index in [-0.39, 0.29) is 22.9 Å². The molecule has 0 aliphatic rings. The second kappa shape index (κ2) is 8.71. The zero-order valence-electron chi connectivity index (χ0n) is 15.2. The number of non-ortho nitro benzene ring substituents is 2. The number of hydrogen-bond donors (Lipinski definition) is 2. The number of carbonyl (C=O) groups is 2. The van der Waals surface area contributed by atoms with Crippen LogP contribution in [0.25, 0.3) is 0 Å². The molecule has 0 aliphatic carbocycles. The van der Waals surface area contributed by atoms with Crippen molar-refractivity contribution in [3.05, 3.63) is 73.8 Å². The Balaban J connectivity index is 2.35. The van der Waals surface area contributed by atoms with Gasteiger partial charge in [-0.25, -0.2) is 0 Å². The summed E-state index contributed by atoms with van der Waals surface area (Å²) in [5.74, 6) is -1.20. The van der Waals surface area contributed by atoms with Gasteiger partial charge in [0, 0.05) is 18.2 Å². The van der Waals surface area contributed by atoms with E-state index in [2.05, 4.69) is 10.6 Å². The van der Waals surface area contributed by atoms with Crippen LogP contribution in [0.5, 0.6) is 0 Å². The van der Waals surface area contributed by atoms with Gasteiger partial charge in [0.1, 0.15) is 0 Å². The standard InChI is InChI=1S/C18H18N4O6/c1-3-11(2)19-18(24)15-6-4-5-7-16(15)20-17(23)12-8-13(21(25)26)10-14(9-12)22(27)28/h4-11H,3H2,1-2H3,(H,19,24)(H,20,23). The highest BCUT2D eigenvalue weighted by atomic mass is 16.6. The van der Waals surface area contributed by atoms with Crippen LogP contribution < -0.4 is 10.6 Å². The third-order valence-corrected chi connectivity index (χ3v) is 4.00. The average molecular weight is 386 g/mol. The van der Waals surface area contributed by atoms with Crippen molar-refractivity contribution >= 4 is 28.9 Å². The molecule has 28 heavy (non-hydrogen) atoms. The molecule has 2 rings (SSSR count). The van der Waals surface area contributed by atoms with E-state index in [0.717, 1.165) is 24.6 Å². The number of carbonyl (C=O) groups excluding carboxylic acids is 2. The van der Waals surface area contributed by atoms with Gasteiger partial charge in [-0.2, -0.15) is 0 Å². The zero-order chi connectivity index (χ0) is 20.8. The highest BCUT2D eigenvalue weighted by Gasteiger charge is 2.21. The molecule has 2 amide bonds. The molecule has 0 saturated carbocycles. The molecule has 0 fully saturated rings. The first kappa shape index (κ1) is 20.5. The van der Waals surface area contributed by atoms with Crippen molar-refractivity contribution in [2.24, 2.45) is 0 Å². The first-order chi connectivity index (χ1) is 13.2. The normalized spacial score (nSPS) is 11.4. The summed E-state index contributed by atoms with van der Waals surface area (Å²) in [7, 11) is 0. The topological polar surface area (TPSA) is 144 Å². The Morgan fingerprint density at radius 1 is 1.00 bits per heavy atom. The Bertz CT molecular complexity index is 911. The first-order valence-electron chi connectivity index (χ1n) is 8.38. The first-order valence-corrected chi connectivity index (χ1v) is 8.38. The van der Waals surface area contributed by atoms with Crippen LogP contribution in [0.1, 0.15) is 41.0 Å². The number of rotatable bonds is 7. The number of para-hydroxylation sites is 1. The molecule has 2 aromatic carbocycles. The van der Waals surface area contributed by atoms with Crippen LogP contribution in [0.2, 0.25) is 0 Å². The Kier molecular flexibility index (Phi) is 6.38. The van der Waals surface area contributed by atoms with Gasteiger partial charge in [-0.15, -0.1) is 0 Å². The predicted octanol–water partition coefficient (Wildman–Crippen LogP) is 3.28. The van der Waals surface area contributed by atoms with E-state index in [1.54, 1.807) is 12.1 Å². The Morgan fingerprint density at radius 3 is 2.11 bits per heavy atom. The van der Waals surface area contributed by atoms with Gasteiger partial charge < -0.3 is 10.6 Å². The van der Waals surface area contributed by atoms with Crippen LogP contribution in [0, 0.1) is 20.2 Å². The third kappa shape index (κ3) is 4.87. The molecule has 2 N–H and O–H groups in total. The van der Waals surface area contributed by atoms with E-state index in [0.29, 0.717) is 0 Å². The number of amides is 2. The number of hydrogen-bond acceptors (Lipinski definition) is 6. The van der Waals surface area contributed by atoms with Crippen molar-refractivity contribution in [1.82, 2.24) is 5.32 Å². The molecule has 2 aromatic rings. The van der Waals surface area contributed by atoms with Gasteiger partial charge >= 0.3 is 0 Å². The Morgan fingerprint density at radius 2 is 1.57 bits per heavy atom. The molecule has 0 radical (unpaired) electrons. The number of nitrogens with one attached hydrogen (secondary N) is 2. The van der Waals surface area contributed by atoms with Crippen molar-refractivity contribution in [2.75, 3.05) is 5.32 Å². The highest BCUT2D eigenvalue weighted by Crippen LogP contribution is 2.24. The maximum atomic E-state index is 12.5. The van der Waals surface area contributed by atoms with Gasteiger partial charge in [0.2, 0.25) is 0 Å². The molecule has 10 nitrogen and oxygen atoms in total. The molecule has 0 heterocycles. The largest absolute Gasteiger partial charge is 0.350 e. The fourth-order valence-corrected chi connectivity index (χ4v) is 2.33. The minimum atomic E-state index is -0.822. The fourth-order valence-electron chi connectivity index (χ4n) is 2.33. The molecule has 0 saturated heterocycles. The second-order valence-electron chi connectivity index (χ2n) is 6.03. The summed E-state index contributed by atoms with van der Waals surface area (Å²) >= 11 is 0. The van der Waals surface area contributed by atoms with Gasteiger partial charge in [-0.05, 0) is 25.5 Å². The van der Waals surface area contributed by atoms with E-state index in [4.69, 9.17) is 0 Å². The van der Waals surface area contributed by atoms with Gasteiger partial charge in [0.15, 0.2) is 0 Å². The van der Waals surface area contributed by atoms with Gasteiger partial charge in [0.25, 0.3) is 23.2 Å².